The second-order valence-electron chi connectivity index (χ2n) is 3.28. The zero-order valence-electron chi connectivity index (χ0n) is 8.48. The van der Waals surface area contributed by atoms with Crippen LogP contribution in [0.2, 0.25) is 0 Å². The van der Waals surface area contributed by atoms with Gasteiger partial charge in [-0.25, -0.2) is 30.3 Å². The molecule has 0 aromatic heterocycles. The number of hydrogen-bond acceptors (Lipinski definition) is 5. The van der Waals surface area contributed by atoms with E-state index in [0.29, 0.717) is 0 Å². The molecule has 10 heteroatoms. The van der Waals surface area contributed by atoms with Gasteiger partial charge in [-0.1, -0.05) is 0 Å². The normalized spacial score (nSPS) is 14.0. The highest BCUT2D eigenvalue weighted by Crippen LogP contribution is 2.10. The molecule has 0 aliphatic heterocycles. The first kappa shape index (κ1) is 15.7. The summed E-state index contributed by atoms with van der Waals surface area (Å²) in [6.45, 7) is -2.74. The van der Waals surface area contributed by atoms with Gasteiger partial charge in [-0.05, 0) is 0 Å². The number of aliphatic hydroxyl groups excluding tert-OH is 1. The third-order valence-corrected chi connectivity index (χ3v) is 4.03. The maximum atomic E-state index is 12.5. The van der Waals surface area contributed by atoms with E-state index >= 15 is 0 Å². The summed E-state index contributed by atoms with van der Waals surface area (Å²) in [5.41, 5.74) is 0. The Bertz CT molecular complexity index is 416. The van der Waals surface area contributed by atoms with Crippen molar-refractivity contribution in [1.82, 2.24) is 4.72 Å². The lowest BCUT2D eigenvalue weighted by Crippen LogP contribution is -2.40. The van der Waals surface area contributed by atoms with Crippen LogP contribution in [0.25, 0.3) is 0 Å². The zero-order valence-corrected chi connectivity index (χ0v) is 10.1. The number of aliphatic hydroxyl groups is 1. The van der Waals surface area contributed by atoms with E-state index in [1.807, 2.05) is 0 Å². The molecule has 0 bridgehead atoms. The van der Waals surface area contributed by atoms with Gasteiger partial charge in [-0.2, -0.15) is 0 Å². The van der Waals surface area contributed by atoms with E-state index in [1.54, 1.807) is 0 Å². The molecule has 0 aliphatic rings. The van der Waals surface area contributed by atoms with Crippen LogP contribution >= 0.6 is 0 Å². The van der Waals surface area contributed by atoms with Crippen LogP contribution in [0.5, 0.6) is 0 Å². The maximum absolute atomic E-state index is 12.5. The van der Waals surface area contributed by atoms with E-state index in [4.69, 9.17) is 5.11 Å². The molecule has 0 aromatic carbocycles. The Morgan fingerprint density at radius 3 is 2.06 bits per heavy atom. The van der Waals surface area contributed by atoms with Crippen molar-refractivity contribution in [2.75, 3.05) is 30.9 Å². The second-order valence-corrected chi connectivity index (χ2v) is 7.47. The van der Waals surface area contributed by atoms with Gasteiger partial charge in [-0.15, -0.1) is 0 Å². The van der Waals surface area contributed by atoms with Crippen LogP contribution in [0.3, 0.4) is 0 Å². The van der Waals surface area contributed by atoms with E-state index in [9.17, 15) is 25.6 Å². The van der Waals surface area contributed by atoms with Gasteiger partial charge in [-0.3, -0.25) is 0 Å². The van der Waals surface area contributed by atoms with Crippen molar-refractivity contribution >= 4 is 19.9 Å². The fourth-order valence-electron chi connectivity index (χ4n) is 0.605. The molecule has 2 N–H and O–H groups in total. The number of sulfonamides is 1. The van der Waals surface area contributed by atoms with Crippen LogP contribution in [0.4, 0.5) is 8.78 Å². The van der Waals surface area contributed by atoms with Crippen molar-refractivity contribution < 1.29 is 30.7 Å². The first-order chi connectivity index (χ1) is 6.97. The van der Waals surface area contributed by atoms with Crippen molar-refractivity contribution in [1.29, 1.82) is 0 Å². The molecule has 6 nitrogen and oxygen atoms in total. The summed E-state index contributed by atoms with van der Waals surface area (Å²) >= 11 is 0. The molecule has 0 heterocycles. The summed E-state index contributed by atoms with van der Waals surface area (Å²) in [6.07, 6.45) is 0.838. The predicted octanol–water partition coefficient (Wildman–Crippen LogP) is -1.42. The van der Waals surface area contributed by atoms with E-state index in [-0.39, 0.29) is 0 Å². The monoisotopic (exact) mass is 281 g/mol. The first-order valence-electron chi connectivity index (χ1n) is 4.11. The van der Waals surface area contributed by atoms with Crippen molar-refractivity contribution in [2.24, 2.45) is 0 Å². The standard InChI is InChI=1S/C6H13F2NO5S2/c1-15(11,12)2-3-16(13,14)9-4-6(7,8)5-10/h9-10H,2-5H2,1H3. The molecule has 0 amide bonds. The summed E-state index contributed by atoms with van der Waals surface area (Å²) in [5, 5.41) is 8.17. The fraction of sp³-hybridized carbons (Fsp3) is 1.00. The number of nitrogens with one attached hydrogen (secondary N) is 1. The van der Waals surface area contributed by atoms with E-state index < -0.39 is 50.4 Å². The van der Waals surface area contributed by atoms with Gasteiger partial charge < -0.3 is 5.11 Å². The number of sulfone groups is 1. The molecule has 0 radical (unpaired) electrons. The van der Waals surface area contributed by atoms with Gasteiger partial charge in [0, 0.05) is 6.26 Å². The highest BCUT2D eigenvalue weighted by Gasteiger charge is 2.29. The molecule has 0 aliphatic carbocycles. The quantitative estimate of drug-likeness (QED) is 0.596. The Morgan fingerprint density at radius 2 is 1.69 bits per heavy atom. The average Bonchev–Trinajstić information content (AvgIpc) is 2.12. The molecule has 0 saturated heterocycles. The van der Waals surface area contributed by atoms with Crippen molar-refractivity contribution in [2.45, 2.75) is 5.92 Å². The van der Waals surface area contributed by atoms with Gasteiger partial charge in [0.05, 0.1) is 18.1 Å². The molecule has 98 valence electrons. The SMILES string of the molecule is CS(=O)(=O)CCS(=O)(=O)NCC(F)(F)CO. The maximum Gasteiger partial charge on any atom is 0.283 e. The zero-order chi connectivity index (χ0) is 13.0. The van der Waals surface area contributed by atoms with Crippen molar-refractivity contribution in [3.63, 3.8) is 0 Å². The summed E-state index contributed by atoms with van der Waals surface area (Å²) in [5.74, 6) is -4.99. The van der Waals surface area contributed by atoms with E-state index in [2.05, 4.69) is 0 Å². The Kier molecular flexibility index (Phi) is 5.23. The molecular weight excluding hydrogens is 268 g/mol. The van der Waals surface area contributed by atoms with Crippen molar-refractivity contribution in [3.8, 4) is 0 Å². The highest BCUT2D eigenvalue weighted by molar-refractivity contribution is 7.93. The van der Waals surface area contributed by atoms with E-state index in [1.165, 1.54) is 4.72 Å². The molecule has 0 unspecified atom stereocenters. The number of halogens is 2. The summed E-state index contributed by atoms with van der Waals surface area (Å²) in [6, 6.07) is 0. The van der Waals surface area contributed by atoms with Gasteiger partial charge in [0.1, 0.15) is 16.4 Å². The van der Waals surface area contributed by atoms with E-state index in [0.717, 1.165) is 6.26 Å². The minimum Gasteiger partial charge on any atom is -0.390 e. The van der Waals surface area contributed by atoms with Crippen LogP contribution < -0.4 is 4.72 Å². The summed E-state index contributed by atoms with van der Waals surface area (Å²) < 4.78 is 69.9. The Labute approximate surface area is 92.6 Å². The Balaban J connectivity index is 4.28. The topological polar surface area (TPSA) is 101 Å². The number of alkyl halides is 2. The minimum atomic E-state index is -4.08. The predicted molar refractivity (Wildman–Crippen MR) is 53.5 cm³/mol. The Morgan fingerprint density at radius 1 is 1.19 bits per heavy atom. The molecule has 16 heavy (non-hydrogen) atoms. The van der Waals surface area contributed by atoms with Crippen LogP contribution in [0.15, 0.2) is 0 Å². The van der Waals surface area contributed by atoms with Crippen LogP contribution in [0.1, 0.15) is 0 Å². The molecule has 0 saturated carbocycles. The third kappa shape index (κ3) is 7.91. The van der Waals surface area contributed by atoms with Crippen LogP contribution in [0, 0.1) is 0 Å². The van der Waals surface area contributed by atoms with Crippen LogP contribution in [-0.4, -0.2) is 58.8 Å². The largest absolute Gasteiger partial charge is 0.390 e. The van der Waals surface area contributed by atoms with Gasteiger partial charge in [0.25, 0.3) is 5.92 Å². The molecule has 0 fully saturated rings. The summed E-state index contributed by atoms with van der Waals surface area (Å²) in [4.78, 5) is 0. The molecule has 0 atom stereocenters. The fourth-order valence-corrected chi connectivity index (χ4v) is 3.27. The van der Waals surface area contributed by atoms with Gasteiger partial charge >= 0.3 is 0 Å². The highest BCUT2D eigenvalue weighted by atomic mass is 32.2. The third-order valence-electron chi connectivity index (χ3n) is 1.50. The molecule has 0 rings (SSSR count). The molecule has 0 aromatic rings. The Hall–Kier alpha value is -0.320. The number of rotatable bonds is 7. The lowest BCUT2D eigenvalue weighted by molar-refractivity contribution is -0.0437. The van der Waals surface area contributed by atoms with Crippen LogP contribution in [-0.2, 0) is 19.9 Å². The molecule has 0 spiro atoms. The number of hydrogen-bond donors (Lipinski definition) is 2. The smallest absolute Gasteiger partial charge is 0.283 e. The summed E-state index contributed by atoms with van der Waals surface area (Å²) in [7, 11) is -7.55. The van der Waals surface area contributed by atoms with Gasteiger partial charge in [0.2, 0.25) is 10.0 Å². The minimum absolute atomic E-state index is 0.646. The first-order valence-corrected chi connectivity index (χ1v) is 7.82. The lowest BCUT2D eigenvalue weighted by Gasteiger charge is -2.13. The average molecular weight is 281 g/mol. The van der Waals surface area contributed by atoms with Crippen molar-refractivity contribution in [3.05, 3.63) is 0 Å². The second kappa shape index (κ2) is 5.34. The lowest BCUT2D eigenvalue weighted by atomic mass is 10.4. The molecular formula is C6H13F2NO5S2. The van der Waals surface area contributed by atoms with Gasteiger partial charge in [0.15, 0.2) is 0 Å².